The van der Waals surface area contributed by atoms with Crippen LogP contribution in [0.15, 0.2) is 53.7 Å². The minimum Gasteiger partial charge on any atom is -0.465 e. The number of nitrogens with zero attached hydrogens (tertiary/aromatic N) is 3. The molecule has 0 aliphatic rings. The molecule has 0 atom stereocenters. The molecule has 2 N–H and O–H groups in total. The van der Waals surface area contributed by atoms with Crippen molar-refractivity contribution in [2.24, 2.45) is 0 Å². The third-order valence-electron chi connectivity index (χ3n) is 4.27. The Hall–Kier alpha value is -3.46. The van der Waals surface area contributed by atoms with E-state index < -0.39 is 5.97 Å². The first-order valence-corrected chi connectivity index (χ1v) is 9.85. The molecule has 0 saturated heterocycles. The quantitative estimate of drug-likeness (QED) is 0.372. The lowest BCUT2D eigenvalue weighted by Gasteiger charge is -2.09. The van der Waals surface area contributed by atoms with Crippen LogP contribution in [0.3, 0.4) is 0 Å². The fourth-order valence-corrected chi connectivity index (χ4v) is 3.62. The van der Waals surface area contributed by atoms with E-state index in [0.29, 0.717) is 27.8 Å². The fourth-order valence-electron chi connectivity index (χ4n) is 2.89. The Kier molecular flexibility index (Phi) is 5.39. The summed E-state index contributed by atoms with van der Waals surface area (Å²) < 4.78 is 4.73. The zero-order valence-electron chi connectivity index (χ0n) is 15.5. The number of esters is 1. The monoisotopic (exact) mass is 407 g/mol. The van der Waals surface area contributed by atoms with Crippen molar-refractivity contribution in [3.63, 3.8) is 0 Å². The smallest absolute Gasteiger partial charge is 0.339 e. The average Bonchev–Trinajstić information content (AvgIpc) is 3.11. The van der Waals surface area contributed by atoms with E-state index in [9.17, 15) is 9.59 Å². The van der Waals surface area contributed by atoms with Gasteiger partial charge >= 0.3 is 5.97 Å². The highest BCUT2D eigenvalue weighted by atomic mass is 32.2. The van der Waals surface area contributed by atoms with Gasteiger partial charge in [-0.1, -0.05) is 42.1 Å². The number of carbonyl (C=O) groups is 2. The maximum Gasteiger partial charge on any atom is 0.339 e. The summed E-state index contributed by atoms with van der Waals surface area (Å²) in [4.78, 5) is 31.7. The number of hydrogen-bond acceptors (Lipinski definition) is 7. The lowest BCUT2D eigenvalue weighted by Crippen LogP contribution is -2.15. The lowest BCUT2D eigenvalue weighted by atomic mass is 10.2. The SMILES string of the molecule is COC(=O)c1ccccc1NC(=O)CCSc1nnc2c(n1)[nH]c1ccccc12. The standard InChI is InChI=1S/C20H17N5O3S/c1-28-19(27)13-7-3-5-9-15(13)21-16(26)10-11-29-20-23-18-17(24-25-20)12-6-2-4-8-14(12)22-18/h2-9H,10-11H2,1H3,(H,21,26)(H,22,23,25). The third-order valence-corrected chi connectivity index (χ3v) is 5.11. The molecule has 4 aromatic rings. The van der Waals surface area contributed by atoms with E-state index in [2.05, 4.69) is 25.5 Å². The Balaban J connectivity index is 1.38. The molecule has 9 heteroatoms. The number of thioether (sulfide) groups is 1. The maximum atomic E-state index is 12.3. The molecule has 0 fully saturated rings. The number of amides is 1. The van der Waals surface area contributed by atoms with Crippen molar-refractivity contribution < 1.29 is 14.3 Å². The number of nitrogens with one attached hydrogen (secondary N) is 2. The van der Waals surface area contributed by atoms with Crippen molar-refractivity contribution in [1.82, 2.24) is 20.2 Å². The van der Waals surface area contributed by atoms with Gasteiger partial charge in [0.15, 0.2) is 5.65 Å². The van der Waals surface area contributed by atoms with Crippen LogP contribution in [0.1, 0.15) is 16.8 Å². The highest BCUT2D eigenvalue weighted by molar-refractivity contribution is 7.99. The summed E-state index contributed by atoms with van der Waals surface area (Å²) in [5.41, 5.74) is 3.08. The number of H-pyrrole nitrogens is 1. The second-order valence-electron chi connectivity index (χ2n) is 6.15. The zero-order valence-corrected chi connectivity index (χ0v) is 16.3. The molecule has 1 amide bonds. The van der Waals surface area contributed by atoms with E-state index in [1.807, 2.05) is 24.3 Å². The molecule has 2 aromatic carbocycles. The minimum atomic E-state index is -0.499. The van der Waals surface area contributed by atoms with Crippen molar-refractivity contribution in [3.8, 4) is 0 Å². The molecule has 146 valence electrons. The van der Waals surface area contributed by atoms with Gasteiger partial charge in [-0.05, 0) is 18.2 Å². The second kappa shape index (κ2) is 8.27. The third kappa shape index (κ3) is 4.04. The van der Waals surface area contributed by atoms with Crippen LogP contribution in [0.5, 0.6) is 0 Å². The average molecular weight is 407 g/mol. The first-order valence-electron chi connectivity index (χ1n) is 8.87. The summed E-state index contributed by atoms with van der Waals surface area (Å²) in [6.45, 7) is 0. The van der Waals surface area contributed by atoms with Crippen LogP contribution in [0.25, 0.3) is 22.1 Å². The van der Waals surface area contributed by atoms with E-state index in [1.165, 1.54) is 18.9 Å². The second-order valence-corrected chi connectivity index (χ2v) is 7.21. The van der Waals surface area contributed by atoms with Gasteiger partial charge in [0.2, 0.25) is 11.1 Å². The van der Waals surface area contributed by atoms with Crippen LogP contribution in [0, 0.1) is 0 Å². The number of aromatic amines is 1. The number of anilines is 1. The van der Waals surface area contributed by atoms with Gasteiger partial charge < -0.3 is 15.0 Å². The van der Waals surface area contributed by atoms with E-state index in [4.69, 9.17) is 4.74 Å². The summed E-state index contributed by atoms with van der Waals surface area (Å²) in [7, 11) is 1.30. The van der Waals surface area contributed by atoms with Crippen molar-refractivity contribution in [2.45, 2.75) is 11.6 Å². The van der Waals surface area contributed by atoms with Gasteiger partial charge in [0.05, 0.1) is 18.4 Å². The number of methoxy groups -OCH3 is 1. The van der Waals surface area contributed by atoms with E-state index in [0.717, 1.165) is 16.4 Å². The number of carbonyl (C=O) groups excluding carboxylic acids is 2. The summed E-state index contributed by atoms with van der Waals surface area (Å²) in [6, 6.07) is 14.5. The van der Waals surface area contributed by atoms with Gasteiger partial charge in [-0.2, -0.15) is 0 Å². The molecule has 29 heavy (non-hydrogen) atoms. The number of ether oxygens (including phenoxy) is 1. The van der Waals surface area contributed by atoms with Gasteiger partial charge in [0.25, 0.3) is 0 Å². The fraction of sp³-hybridized carbons (Fsp3) is 0.150. The first-order chi connectivity index (χ1) is 14.2. The number of fused-ring (bicyclic) bond motifs is 3. The maximum absolute atomic E-state index is 12.3. The van der Waals surface area contributed by atoms with Gasteiger partial charge in [-0.25, -0.2) is 9.78 Å². The van der Waals surface area contributed by atoms with Crippen LogP contribution in [0.4, 0.5) is 5.69 Å². The molecule has 0 radical (unpaired) electrons. The minimum absolute atomic E-state index is 0.214. The van der Waals surface area contributed by atoms with E-state index in [-0.39, 0.29) is 12.3 Å². The van der Waals surface area contributed by atoms with E-state index >= 15 is 0 Å². The van der Waals surface area contributed by atoms with Crippen molar-refractivity contribution >= 4 is 51.4 Å². The molecule has 0 unspecified atom stereocenters. The molecule has 8 nitrogen and oxygen atoms in total. The topological polar surface area (TPSA) is 110 Å². The highest BCUT2D eigenvalue weighted by Gasteiger charge is 2.14. The largest absolute Gasteiger partial charge is 0.465 e. The first kappa shape index (κ1) is 18.9. The van der Waals surface area contributed by atoms with E-state index in [1.54, 1.807) is 24.3 Å². The predicted molar refractivity (Wildman–Crippen MR) is 111 cm³/mol. The molecule has 0 spiro atoms. The molecular weight excluding hydrogens is 390 g/mol. The zero-order chi connectivity index (χ0) is 20.2. The van der Waals surface area contributed by atoms with Crippen molar-refractivity contribution in [3.05, 3.63) is 54.1 Å². The Labute approximate surface area is 170 Å². The highest BCUT2D eigenvalue weighted by Crippen LogP contribution is 2.23. The molecule has 0 aliphatic heterocycles. The van der Waals surface area contributed by atoms with Crippen LogP contribution < -0.4 is 5.32 Å². The Morgan fingerprint density at radius 1 is 1.10 bits per heavy atom. The number of hydrogen-bond donors (Lipinski definition) is 2. The number of aromatic nitrogens is 4. The summed E-state index contributed by atoms with van der Waals surface area (Å²) in [5.74, 6) is -0.241. The summed E-state index contributed by atoms with van der Waals surface area (Å²) in [6.07, 6.45) is 0.230. The van der Waals surface area contributed by atoms with Gasteiger partial charge in [-0.3, -0.25) is 4.79 Å². The lowest BCUT2D eigenvalue weighted by molar-refractivity contribution is -0.115. The van der Waals surface area contributed by atoms with Gasteiger partial charge in [-0.15, -0.1) is 10.2 Å². The number of para-hydroxylation sites is 2. The Morgan fingerprint density at radius 3 is 2.76 bits per heavy atom. The molecule has 0 saturated carbocycles. The molecule has 4 rings (SSSR count). The molecule has 0 bridgehead atoms. The van der Waals surface area contributed by atoms with Crippen LogP contribution >= 0.6 is 11.8 Å². The normalized spacial score (nSPS) is 10.9. The summed E-state index contributed by atoms with van der Waals surface area (Å²) >= 11 is 1.34. The molecule has 2 aromatic heterocycles. The van der Waals surface area contributed by atoms with Crippen molar-refractivity contribution in [1.29, 1.82) is 0 Å². The Morgan fingerprint density at radius 2 is 1.90 bits per heavy atom. The molecule has 2 heterocycles. The van der Waals surface area contributed by atoms with Crippen molar-refractivity contribution in [2.75, 3.05) is 18.2 Å². The van der Waals surface area contributed by atoms with Gasteiger partial charge in [0.1, 0.15) is 5.52 Å². The summed E-state index contributed by atoms with van der Waals surface area (Å²) in [5, 5.41) is 12.6. The predicted octanol–water partition coefficient (Wildman–Crippen LogP) is 3.41. The van der Waals surface area contributed by atoms with Gasteiger partial charge in [0, 0.05) is 23.1 Å². The van der Waals surface area contributed by atoms with Crippen LogP contribution in [0.2, 0.25) is 0 Å². The van der Waals surface area contributed by atoms with Crippen LogP contribution in [-0.2, 0) is 9.53 Å². The molecule has 0 aliphatic carbocycles. The molecular formula is C20H17N5O3S. The Bertz CT molecular complexity index is 1210. The number of benzene rings is 2. The number of rotatable bonds is 6. The van der Waals surface area contributed by atoms with Crippen LogP contribution in [-0.4, -0.2) is 44.9 Å².